The molecule has 0 saturated carbocycles. The van der Waals surface area contributed by atoms with Gasteiger partial charge in [-0.15, -0.1) is 0 Å². The highest BCUT2D eigenvalue weighted by Gasteiger charge is 2.22. The van der Waals surface area contributed by atoms with E-state index < -0.39 is 0 Å². The molecule has 1 atom stereocenters. The molecule has 0 bridgehead atoms. The number of carbonyl (C=O) groups is 1. The van der Waals surface area contributed by atoms with E-state index in [1.807, 2.05) is 6.07 Å². The van der Waals surface area contributed by atoms with Crippen molar-refractivity contribution in [2.75, 3.05) is 12.0 Å². The fourth-order valence-corrected chi connectivity index (χ4v) is 1.24. The fourth-order valence-electron chi connectivity index (χ4n) is 1.24. The van der Waals surface area contributed by atoms with Crippen molar-refractivity contribution in [1.29, 1.82) is 0 Å². The van der Waals surface area contributed by atoms with Crippen LogP contribution >= 0.6 is 0 Å². The number of quaternary nitrogens is 1. The van der Waals surface area contributed by atoms with E-state index >= 15 is 0 Å². The highest BCUT2D eigenvalue weighted by atomic mass is 16.5. The van der Waals surface area contributed by atoms with Gasteiger partial charge in [0.05, 0.1) is 5.69 Å². The molecule has 4 heteroatoms. The Morgan fingerprint density at radius 2 is 2.17 bits per heavy atom. The summed E-state index contributed by atoms with van der Waals surface area (Å²) >= 11 is 0. The maximum absolute atomic E-state index is 11.2. The number of hydrogen-bond donors (Lipinski definition) is 2. The van der Waals surface area contributed by atoms with Crippen molar-refractivity contribution in [3.63, 3.8) is 0 Å². The molecule has 0 saturated heterocycles. The molecule has 0 spiro atoms. The third kappa shape index (κ3) is 0.975. The first-order valence-corrected chi connectivity index (χ1v) is 3.69. The van der Waals surface area contributed by atoms with E-state index in [1.165, 1.54) is 0 Å². The predicted octanol–water partition coefficient (Wildman–Crippen LogP) is -0.408. The molecule has 4 nitrogen and oxygen atoms in total. The van der Waals surface area contributed by atoms with Crippen LogP contribution in [0.15, 0.2) is 24.3 Å². The lowest BCUT2D eigenvalue weighted by molar-refractivity contribution is -0.754. The van der Waals surface area contributed by atoms with E-state index in [9.17, 15) is 10.0 Å². The van der Waals surface area contributed by atoms with E-state index in [4.69, 9.17) is 0 Å². The highest BCUT2D eigenvalue weighted by molar-refractivity contribution is 5.95. The van der Waals surface area contributed by atoms with Crippen molar-refractivity contribution in [3.8, 4) is 0 Å². The van der Waals surface area contributed by atoms with E-state index in [1.54, 1.807) is 18.2 Å². The molecule has 1 aromatic carbocycles. The van der Waals surface area contributed by atoms with Crippen LogP contribution in [0.4, 0.5) is 5.69 Å². The zero-order valence-corrected chi connectivity index (χ0v) is 6.33. The van der Waals surface area contributed by atoms with Crippen molar-refractivity contribution in [1.82, 2.24) is 0 Å². The molecule has 0 aliphatic carbocycles. The highest BCUT2D eigenvalue weighted by Crippen LogP contribution is 2.14. The van der Waals surface area contributed by atoms with Crippen LogP contribution in [0.5, 0.6) is 0 Å². The minimum atomic E-state index is -0.385. The smallest absolute Gasteiger partial charge is 0.347 e. The summed E-state index contributed by atoms with van der Waals surface area (Å²) < 4.78 is 0. The Morgan fingerprint density at radius 1 is 1.42 bits per heavy atom. The molecule has 1 amide bonds. The van der Waals surface area contributed by atoms with Crippen molar-refractivity contribution in [2.45, 2.75) is 0 Å². The van der Waals surface area contributed by atoms with Crippen LogP contribution in [0, 0.1) is 5.21 Å². The molecule has 2 N–H and O–H groups in total. The lowest BCUT2D eigenvalue weighted by Crippen LogP contribution is -3.11. The minimum Gasteiger partial charge on any atom is -0.625 e. The number of rotatable bonds is 0. The van der Waals surface area contributed by atoms with E-state index in [2.05, 4.69) is 5.32 Å². The van der Waals surface area contributed by atoms with Crippen LogP contribution in [0.3, 0.4) is 0 Å². The first-order chi connectivity index (χ1) is 5.79. The Labute approximate surface area is 69.4 Å². The fraction of sp³-hybridized carbons (Fsp3) is 0.125. The van der Waals surface area contributed by atoms with Gasteiger partial charge in [-0.25, -0.2) is 4.79 Å². The standard InChI is InChI=1S/C8H8N2O2/c11-8-6-3-1-2-4-7(6)9-5-10(8)12/h1-4,9-10H,5H2. The summed E-state index contributed by atoms with van der Waals surface area (Å²) in [5.74, 6) is -0.385. The average Bonchev–Trinajstić information content (AvgIpc) is 2.12. The van der Waals surface area contributed by atoms with E-state index in [0.717, 1.165) is 5.69 Å². The lowest BCUT2D eigenvalue weighted by Gasteiger charge is -2.26. The largest absolute Gasteiger partial charge is 0.625 e. The maximum Gasteiger partial charge on any atom is 0.347 e. The first-order valence-electron chi connectivity index (χ1n) is 3.69. The number of carbonyl (C=O) groups excluding carboxylic acids is 1. The monoisotopic (exact) mass is 164 g/mol. The molecule has 1 aliphatic heterocycles. The van der Waals surface area contributed by atoms with Crippen LogP contribution in [0.1, 0.15) is 10.4 Å². The number of para-hydroxylation sites is 1. The van der Waals surface area contributed by atoms with Gasteiger partial charge in [0, 0.05) is 0 Å². The molecule has 2 rings (SSSR count). The van der Waals surface area contributed by atoms with Gasteiger partial charge in [-0.3, -0.25) is 5.06 Å². The Kier molecular flexibility index (Phi) is 1.56. The molecule has 0 radical (unpaired) electrons. The number of hydroxylamine groups is 2. The lowest BCUT2D eigenvalue weighted by atomic mass is 10.1. The van der Waals surface area contributed by atoms with Crippen molar-refractivity contribution < 1.29 is 9.86 Å². The van der Waals surface area contributed by atoms with Crippen molar-refractivity contribution >= 4 is 11.6 Å². The molecular weight excluding hydrogens is 156 g/mol. The van der Waals surface area contributed by atoms with Crippen molar-refractivity contribution in [3.05, 3.63) is 35.0 Å². The minimum absolute atomic E-state index is 0.121. The zero-order chi connectivity index (χ0) is 8.55. The third-order valence-electron chi connectivity index (χ3n) is 1.86. The number of hydrogen-bond acceptors (Lipinski definition) is 3. The number of nitrogens with one attached hydrogen (secondary N) is 2. The second-order valence-electron chi connectivity index (χ2n) is 2.65. The molecule has 1 aromatic rings. The molecule has 1 heterocycles. The second-order valence-corrected chi connectivity index (χ2v) is 2.65. The van der Waals surface area contributed by atoms with Crippen LogP contribution in [0.25, 0.3) is 0 Å². The first kappa shape index (κ1) is 7.27. The summed E-state index contributed by atoms with van der Waals surface area (Å²) in [6, 6.07) is 7.02. The molecule has 1 aliphatic rings. The quantitative estimate of drug-likeness (QED) is 0.512. The van der Waals surface area contributed by atoms with Gasteiger partial charge in [-0.1, -0.05) is 12.1 Å². The van der Waals surface area contributed by atoms with E-state index in [-0.39, 0.29) is 17.6 Å². The van der Waals surface area contributed by atoms with Crippen LogP contribution < -0.4 is 10.4 Å². The summed E-state index contributed by atoms with van der Waals surface area (Å²) in [6.07, 6.45) is 0. The number of fused-ring (bicyclic) bond motifs is 1. The molecule has 62 valence electrons. The third-order valence-corrected chi connectivity index (χ3v) is 1.86. The van der Waals surface area contributed by atoms with Gasteiger partial charge in [-0.2, -0.15) is 0 Å². The predicted molar refractivity (Wildman–Crippen MR) is 43.6 cm³/mol. The average molecular weight is 164 g/mol. The summed E-state index contributed by atoms with van der Waals surface area (Å²) in [5, 5.41) is 13.5. The van der Waals surface area contributed by atoms with Crippen LogP contribution in [-0.2, 0) is 0 Å². The molecular formula is C8H8N2O2. The van der Waals surface area contributed by atoms with Gasteiger partial charge in [0.1, 0.15) is 5.56 Å². The maximum atomic E-state index is 11.2. The second kappa shape index (κ2) is 2.58. The SMILES string of the molecule is O=C1c2ccccc2NC[NH+]1[O-]. The Balaban J connectivity index is 2.49. The normalized spacial score (nSPS) is 21.4. The number of amides is 1. The number of anilines is 1. The Bertz CT molecular complexity index is 325. The number of benzene rings is 1. The van der Waals surface area contributed by atoms with Gasteiger partial charge >= 0.3 is 5.91 Å². The summed E-state index contributed by atoms with van der Waals surface area (Å²) in [7, 11) is 0. The van der Waals surface area contributed by atoms with Gasteiger partial charge in [0.2, 0.25) is 0 Å². The van der Waals surface area contributed by atoms with Gasteiger partial charge in [0.15, 0.2) is 6.67 Å². The topological polar surface area (TPSA) is 56.6 Å². The molecule has 0 fully saturated rings. The zero-order valence-electron chi connectivity index (χ0n) is 6.33. The Morgan fingerprint density at radius 3 is 3.00 bits per heavy atom. The summed E-state index contributed by atoms with van der Waals surface area (Å²) in [6.45, 7) is 0.121. The van der Waals surface area contributed by atoms with Gasteiger partial charge < -0.3 is 10.5 Å². The molecule has 12 heavy (non-hydrogen) atoms. The van der Waals surface area contributed by atoms with Crippen LogP contribution in [-0.4, -0.2) is 12.6 Å². The summed E-state index contributed by atoms with van der Waals surface area (Å²) in [5.41, 5.74) is 1.23. The summed E-state index contributed by atoms with van der Waals surface area (Å²) in [4.78, 5) is 11.2. The molecule has 0 aromatic heterocycles. The van der Waals surface area contributed by atoms with Gasteiger partial charge in [0.25, 0.3) is 0 Å². The van der Waals surface area contributed by atoms with E-state index in [0.29, 0.717) is 5.56 Å². The van der Waals surface area contributed by atoms with Crippen molar-refractivity contribution in [2.24, 2.45) is 0 Å². The Hall–Kier alpha value is -1.39. The van der Waals surface area contributed by atoms with Crippen LogP contribution in [0.2, 0.25) is 0 Å². The molecule has 1 unspecified atom stereocenters. The van der Waals surface area contributed by atoms with Gasteiger partial charge in [-0.05, 0) is 12.1 Å².